The third-order valence-corrected chi connectivity index (χ3v) is 4.46. The van der Waals surface area contributed by atoms with E-state index in [1.807, 2.05) is 0 Å². The number of fused-ring (bicyclic) bond motifs is 1. The predicted octanol–water partition coefficient (Wildman–Crippen LogP) is 4.74. The second-order valence-electron chi connectivity index (χ2n) is 6.39. The summed E-state index contributed by atoms with van der Waals surface area (Å²) >= 11 is 0. The van der Waals surface area contributed by atoms with Crippen LogP contribution in [0, 0.1) is 11.6 Å². The summed E-state index contributed by atoms with van der Waals surface area (Å²) in [6, 6.07) is 9.62. The van der Waals surface area contributed by atoms with E-state index in [2.05, 4.69) is 9.97 Å². The molecule has 0 atom stereocenters. The van der Waals surface area contributed by atoms with Crippen LogP contribution in [0.5, 0.6) is 0 Å². The molecule has 0 amide bonds. The van der Waals surface area contributed by atoms with E-state index in [1.54, 1.807) is 0 Å². The number of benzene rings is 2. The van der Waals surface area contributed by atoms with Gasteiger partial charge in [0.15, 0.2) is 17.2 Å². The Morgan fingerprint density at radius 2 is 1.72 bits per heavy atom. The number of rotatable bonds is 3. The van der Waals surface area contributed by atoms with Gasteiger partial charge in [-0.2, -0.15) is 13.2 Å². The van der Waals surface area contributed by atoms with Crippen LogP contribution in [0.1, 0.15) is 11.1 Å². The molecule has 2 heterocycles. The summed E-state index contributed by atoms with van der Waals surface area (Å²) in [6.07, 6.45) is -2.99. The van der Waals surface area contributed by atoms with Crippen molar-refractivity contribution in [1.82, 2.24) is 14.5 Å². The van der Waals surface area contributed by atoms with E-state index in [0.29, 0.717) is 11.1 Å². The van der Waals surface area contributed by atoms with Gasteiger partial charge in [0.25, 0.3) is 5.56 Å². The van der Waals surface area contributed by atoms with Crippen molar-refractivity contribution in [3.8, 4) is 11.4 Å². The van der Waals surface area contributed by atoms with Crippen LogP contribution < -0.4 is 5.56 Å². The van der Waals surface area contributed by atoms with Gasteiger partial charge in [-0.05, 0) is 35.9 Å². The summed E-state index contributed by atoms with van der Waals surface area (Å²) in [7, 11) is 0. The number of H-pyrrole nitrogens is 1. The maximum Gasteiger partial charge on any atom is 0.416 e. The minimum atomic E-state index is -4.44. The molecule has 0 radical (unpaired) electrons. The van der Waals surface area contributed by atoms with Gasteiger partial charge in [-0.15, -0.1) is 0 Å². The van der Waals surface area contributed by atoms with Crippen LogP contribution in [0.2, 0.25) is 0 Å². The molecule has 4 aromatic rings. The third kappa shape index (κ3) is 3.51. The SMILES string of the molecule is O=c1c2nc(-c3cccc(F)c3F)[nH]c2ccn1Cc1ccc(C(F)(F)F)cc1. The standard InChI is InChI=1S/C20H12F5N3O/c21-14-3-1-2-13(16(14)22)18-26-15-8-9-28(19(29)17(15)27-18)10-11-4-6-12(7-5-11)20(23,24)25/h1-9H,10H2,(H,26,27). The molecule has 9 heteroatoms. The Bertz CT molecular complexity index is 1260. The zero-order valence-electron chi connectivity index (χ0n) is 14.6. The van der Waals surface area contributed by atoms with Crippen LogP contribution in [0.3, 0.4) is 0 Å². The van der Waals surface area contributed by atoms with Gasteiger partial charge >= 0.3 is 6.18 Å². The second-order valence-corrected chi connectivity index (χ2v) is 6.39. The Hall–Kier alpha value is -3.49. The fourth-order valence-corrected chi connectivity index (χ4v) is 2.97. The summed E-state index contributed by atoms with van der Waals surface area (Å²) in [4.78, 5) is 19.6. The monoisotopic (exact) mass is 405 g/mol. The van der Waals surface area contributed by atoms with E-state index in [1.165, 1.54) is 41.1 Å². The number of alkyl halides is 3. The fourth-order valence-electron chi connectivity index (χ4n) is 2.97. The minimum absolute atomic E-state index is 0.00128. The number of pyridine rings is 1. The molecule has 0 saturated heterocycles. The summed E-state index contributed by atoms with van der Waals surface area (Å²) in [5, 5.41) is 0. The van der Waals surface area contributed by atoms with Crippen molar-refractivity contribution in [1.29, 1.82) is 0 Å². The van der Waals surface area contributed by atoms with Crippen LogP contribution >= 0.6 is 0 Å². The Morgan fingerprint density at radius 3 is 2.41 bits per heavy atom. The van der Waals surface area contributed by atoms with Crippen LogP contribution in [0.4, 0.5) is 22.0 Å². The number of aromatic amines is 1. The zero-order chi connectivity index (χ0) is 20.8. The molecule has 0 saturated carbocycles. The first-order valence-corrected chi connectivity index (χ1v) is 8.44. The highest BCUT2D eigenvalue weighted by molar-refractivity contribution is 5.78. The van der Waals surface area contributed by atoms with Gasteiger partial charge in [-0.25, -0.2) is 13.8 Å². The molecule has 0 bridgehead atoms. The smallest absolute Gasteiger partial charge is 0.338 e. The molecular weight excluding hydrogens is 393 g/mol. The molecule has 0 aliphatic heterocycles. The van der Waals surface area contributed by atoms with Crippen LogP contribution in [-0.4, -0.2) is 14.5 Å². The van der Waals surface area contributed by atoms with Crippen LogP contribution in [0.15, 0.2) is 59.5 Å². The molecule has 0 fully saturated rings. The Balaban J connectivity index is 1.70. The largest absolute Gasteiger partial charge is 0.416 e. The lowest BCUT2D eigenvalue weighted by Gasteiger charge is -2.09. The average molecular weight is 405 g/mol. The number of imidazole rings is 1. The molecule has 0 unspecified atom stereocenters. The first-order chi connectivity index (χ1) is 13.7. The van der Waals surface area contributed by atoms with E-state index in [-0.39, 0.29) is 23.4 Å². The Kier molecular flexibility index (Phi) is 4.45. The van der Waals surface area contributed by atoms with E-state index in [4.69, 9.17) is 0 Å². The van der Waals surface area contributed by atoms with Crippen molar-refractivity contribution in [2.45, 2.75) is 12.7 Å². The summed E-state index contributed by atoms with van der Waals surface area (Å²) in [5.74, 6) is -2.12. The second kappa shape index (κ2) is 6.84. The molecule has 0 aliphatic rings. The molecule has 1 N–H and O–H groups in total. The first kappa shape index (κ1) is 18.9. The van der Waals surface area contributed by atoms with Gasteiger partial charge in [-0.1, -0.05) is 18.2 Å². The molecule has 2 aromatic heterocycles. The highest BCUT2D eigenvalue weighted by Gasteiger charge is 2.29. The topological polar surface area (TPSA) is 50.7 Å². The van der Waals surface area contributed by atoms with E-state index >= 15 is 0 Å². The number of nitrogens with zero attached hydrogens (tertiary/aromatic N) is 2. The lowest BCUT2D eigenvalue weighted by molar-refractivity contribution is -0.137. The summed E-state index contributed by atoms with van der Waals surface area (Å²) < 4.78 is 66.7. The molecular formula is C20H12F5N3O. The highest BCUT2D eigenvalue weighted by atomic mass is 19.4. The molecule has 148 valence electrons. The maximum absolute atomic E-state index is 14.0. The van der Waals surface area contributed by atoms with Gasteiger partial charge in [0, 0.05) is 6.20 Å². The molecule has 29 heavy (non-hydrogen) atoms. The van der Waals surface area contributed by atoms with Gasteiger partial charge in [0.1, 0.15) is 5.82 Å². The minimum Gasteiger partial charge on any atom is -0.338 e. The predicted molar refractivity (Wildman–Crippen MR) is 96.3 cm³/mol. The molecule has 4 rings (SSSR count). The lowest BCUT2D eigenvalue weighted by atomic mass is 10.1. The van der Waals surface area contributed by atoms with Crippen molar-refractivity contribution in [3.63, 3.8) is 0 Å². The molecule has 0 spiro atoms. The molecule has 2 aromatic carbocycles. The van der Waals surface area contributed by atoms with Crippen molar-refractivity contribution in [3.05, 3.63) is 87.8 Å². The van der Waals surface area contributed by atoms with E-state index in [9.17, 15) is 26.7 Å². The number of hydrogen-bond acceptors (Lipinski definition) is 2. The highest BCUT2D eigenvalue weighted by Crippen LogP contribution is 2.29. The number of halogens is 5. The van der Waals surface area contributed by atoms with Crippen LogP contribution in [0.25, 0.3) is 22.4 Å². The van der Waals surface area contributed by atoms with Gasteiger partial charge in [0.05, 0.1) is 23.2 Å². The van der Waals surface area contributed by atoms with Crippen molar-refractivity contribution < 1.29 is 22.0 Å². The Morgan fingerprint density at radius 1 is 1.00 bits per heavy atom. The Labute approximate surface area is 160 Å². The fraction of sp³-hybridized carbons (Fsp3) is 0.100. The van der Waals surface area contributed by atoms with Gasteiger partial charge < -0.3 is 9.55 Å². The molecule has 4 nitrogen and oxygen atoms in total. The first-order valence-electron chi connectivity index (χ1n) is 8.44. The number of aromatic nitrogens is 3. The van der Waals surface area contributed by atoms with Crippen molar-refractivity contribution in [2.24, 2.45) is 0 Å². The summed E-state index contributed by atoms with van der Waals surface area (Å²) in [6.45, 7) is 0.0312. The van der Waals surface area contributed by atoms with Crippen LogP contribution in [-0.2, 0) is 12.7 Å². The van der Waals surface area contributed by atoms with Crippen molar-refractivity contribution >= 4 is 11.0 Å². The summed E-state index contributed by atoms with van der Waals surface area (Å²) in [5.41, 5.74) is -0.573. The third-order valence-electron chi connectivity index (χ3n) is 4.46. The zero-order valence-corrected chi connectivity index (χ0v) is 14.6. The van der Waals surface area contributed by atoms with Crippen molar-refractivity contribution in [2.75, 3.05) is 0 Å². The lowest BCUT2D eigenvalue weighted by Crippen LogP contribution is -2.20. The quantitative estimate of drug-likeness (QED) is 0.501. The van der Waals surface area contributed by atoms with E-state index in [0.717, 1.165) is 18.2 Å². The number of hydrogen-bond donors (Lipinski definition) is 1. The van der Waals surface area contributed by atoms with Gasteiger partial charge in [0.2, 0.25) is 0 Å². The van der Waals surface area contributed by atoms with Gasteiger partial charge in [-0.3, -0.25) is 4.79 Å². The maximum atomic E-state index is 14.0. The number of nitrogens with one attached hydrogen (secondary N) is 1. The average Bonchev–Trinajstić information content (AvgIpc) is 3.11. The van der Waals surface area contributed by atoms with E-state index < -0.39 is 28.9 Å². The molecule has 0 aliphatic carbocycles. The normalized spacial score (nSPS) is 11.9.